The minimum Gasteiger partial charge on any atom is -0.365 e. The Kier molecular flexibility index (Phi) is 7.22. The Morgan fingerprint density at radius 1 is 1.18 bits per heavy atom. The van der Waals surface area contributed by atoms with Crippen LogP contribution >= 0.6 is 11.6 Å². The van der Waals surface area contributed by atoms with E-state index >= 15 is 0 Å². The van der Waals surface area contributed by atoms with Crippen molar-refractivity contribution in [2.75, 3.05) is 36.0 Å². The van der Waals surface area contributed by atoms with E-state index in [1.54, 1.807) is 0 Å². The fraction of sp³-hybridized carbons (Fsp3) is 0.379. The van der Waals surface area contributed by atoms with Crippen LogP contribution in [0.1, 0.15) is 43.3 Å². The second-order valence-electron chi connectivity index (χ2n) is 10.1. The third kappa shape index (κ3) is 4.79. The number of amides is 1. The van der Waals surface area contributed by atoms with Crippen molar-refractivity contribution in [2.45, 2.75) is 45.2 Å². The highest BCUT2D eigenvalue weighted by Gasteiger charge is 2.34. The molecule has 5 rings (SSSR count). The van der Waals surface area contributed by atoms with Gasteiger partial charge in [-0.15, -0.1) is 0 Å². The minimum atomic E-state index is -1.00. The smallest absolute Gasteiger partial charge is 0.282 e. The van der Waals surface area contributed by atoms with Gasteiger partial charge >= 0.3 is 0 Å². The summed E-state index contributed by atoms with van der Waals surface area (Å²) in [6.45, 7) is 9.88. The first-order valence-corrected chi connectivity index (χ1v) is 13.3. The Morgan fingerprint density at radius 3 is 2.66 bits per heavy atom. The molecule has 3 heterocycles. The summed E-state index contributed by atoms with van der Waals surface area (Å²) < 4.78 is 13.7. The highest BCUT2D eigenvalue weighted by Crippen LogP contribution is 2.37. The number of anilines is 2. The van der Waals surface area contributed by atoms with Crippen LogP contribution in [-0.2, 0) is 17.8 Å². The van der Waals surface area contributed by atoms with Gasteiger partial charge in [-0.1, -0.05) is 56.3 Å². The van der Waals surface area contributed by atoms with Crippen LogP contribution in [0.2, 0.25) is 5.02 Å². The number of aromatic nitrogens is 2. The van der Waals surface area contributed by atoms with Gasteiger partial charge in [0.15, 0.2) is 5.83 Å². The average molecular weight is 533 g/mol. The molecule has 0 saturated carbocycles. The first-order valence-electron chi connectivity index (χ1n) is 12.9. The standard InChI is InChI=1S/C29H30ClFN6O/c1-18(2)27-33-24-17-35(25-9-5-7-20-6-4-8-23(30)26(20)25)13-11-22(24)28(34-27)36-14-15-37(29(38)19(3)31)21(16-36)10-12-32/h4-9,18,21H,3,10-11,13-17H2,1-2H3. The van der Waals surface area contributed by atoms with Crippen LogP contribution in [0.25, 0.3) is 10.8 Å². The van der Waals surface area contributed by atoms with Crippen LogP contribution < -0.4 is 9.80 Å². The number of halogens is 2. The van der Waals surface area contributed by atoms with E-state index in [4.69, 9.17) is 21.6 Å². The van der Waals surface area contributed by atoms with E-state index < -0.39 is 17.8 Å². The number of hydrogen-bond donors (Lipinski definition) is 0. The van der Waals surface area contributed by atoms with E-state index in [0.29, 0.717) is 26.2 Å². The number of benzene rings is 2. The normalized spacial score (nSPS) is 17.5. The number of carbonyl (C=O) groups excluding carboxylic acids is 1. The van der Waals surface area contributed by atoms with Crippen LogP contribution in [0, 0.1) is 11.3 Å². The largest absolute Gasteiger partial charge is 0.365 e. The van der Waals surface area contributed by atoms with Crippen molar-refractivity contribution in [3.05, 3.63) is 70.9 Å². The summed E-state index contributed by atoms with van der Waals surface area (Å²) in [5.41, 5.74) is 3.14. The lowest BCUT2D eigenvalue weighted by atomic mass is 10.00. The lowest BCUT2D eigenvalue weighted by Crippen LogP contribution is -2.56. The summed E-state index contributed by atoms with van der Waals surface area (Å²) >= 11 is 6.63. The molecule has 1 fully saturated rings. The minimum absolute atomic E-state index is 0.107. The summed E-state index contributed by atoms with van der Waals surface area (Å²) in [6, 6.07) is 13.9. The predicted molar refractivity (Wildman–Crippen MR) is 148 cm³/mol. The summed E-state index contributed by atoms with van der Waals surface area (Å²) in [5.74, 6) is -0.0279. The van der Waals surface area contributed by atoms with Crippen LogP contribution in [0.15, 0.2) is 48.8 Å². The van der Waals surface area contributed by atoms with Gasteiger partial charge in [0.25, 0.3) is 5.91 Å². The summed E-state index contributed by atoms with van der Waals surface area (Å²) in [7, 11) is 0. The first-order chi connectivity index (χ1) is 18.3. The lowest BCUT2D eigenvalue weighted by Gasteiger charge is -2.42. The van der Waals surface area contributed by atoms with Gasteiger partial charge in [0.2, 0.25) is 0 Å². The predicted octanol–water partition coefficient (Wildman–Crippen LogP) is 5.38. The van der Waals surface area contributed by atoms with E-state index in [2.05, 4.69) is 60.6 Å². The van der Waals surface area contributed by atoms with Gasteiger partial charge in [-0.05, 0) is 23.9 Å². The molecule has 3 aromatic rings. The Balaban J connectivity index is 1.50. The monoisotopic (exact) mass is 532 g/mol. The fourth-order valence-corrected chi connectivity index (χ4v) is 5.72. The van der Waals surface area contributed by atoms with Crippen LogP contribution in [0.5, 0.6) is 0 Å². The molecule has 0 aliphatic carbocycles. The number of hydrogen-bond acceptors (Lipinski definition) is 6. The molecule has 1 atom stereocenters. The molecule has 1 unspecified atom stereocenters. The van der Waals surface area contributed by atoms with E-state index in [-0.39, 0.29) is 12.3 Å². The molecular weight excluding hydrogens is 503 g/mol. The summed E-state index contributed by atoms with van der Waals surface area (Å²) in [4.78, 5) is 28.2. The molecule has 1 amide bonds. The first kappa shape index (κ1) is 25.9. The number of piperazine rings is 1. The van der Waals surface area contributed by atoms with Crippen molar-refractivity contribution in [3.8, 4) is 6.07 Å². The molecule has 2 aromatic carbocycles. The van der Waals surface area contributed by atoms with Crippen LogP contribution in [-0.4, -0.2) is 53.0 Å². The molecule has 9 heteroatoms. The molecule has 1 saturated heterocycles. The number of rotatable bonds is 5. The maximum Gasteiger partial charge on any atom is 0.282 e. The van der Waals surface area contributed by atoms with Gasteiger partial charge in [0, 0.05) is 48.7 Å². The molecule has 0 radical (unpaired) electrons. The van der Waals surface area contributed by atoms with E-state index in [9.17, 15) is 14.4 Å². The summed E-state index contributed by atoms with van der Waals surface area (Å²) in [6.07, 6.45) is 0.850. The highest BCUT2D eigenvalue weighted by atomic mass is 35.5. The van der Waals surface area contributed by atoms with Gasteiger partial charge in [-0.2, -0.15) is 5.26 Å². The van der Waals surface area contributed by atoms with E-state index in [0.717, 1.165) is 57.3 Å². The van der Waals surface area contributed by atoms with Gasteiger partial charge in [-0.3, -0.25) is 4.79 Å². The van der Waals surface area contributed by atoms with Crippen LogP contribution in [0.3, 0.4) is 0 Å². The maximum absolute atomic E-state index is 13.7. The van der Waals surface area contributed by atoms with Gasteiger partial charge in [0.1, 0.15) is 11.6 Å². The summed E-state index contributed by atoms with van der Waals surface area (Å²) in [5, 5.41) is 12.2. The second kappa shape index (κ2) is 10.6. The number of nitrogens with zero attached hydrogens (tertiary/aromatic N) is 6. The Labute approximate surface area is 227 Å². The average Bonchev–Trinajstić information content (AvgIpc) is 2.91. The van der Waals surface area contributed by atoms with Crippen molar-refractivity contribution in [1.82, 2.24) is 14.9 Å². The molecule has 2 aliphatic rings. The molecule has 38 heavy (non-hydrogen) atoms. The van der Waals surface area contributed by atoms with Crippen molar-refractivity contribution in [2.24, 2.45) is 0 Å². The molecule has 1 aromatic heterocycles. The fourth-order valence-electron chi connectivity index (χ4n) is 5.45. The van der Waals surface area contributed by atoms with Crippen LogP contribution in [0.4, 0.5) is 15.9 Å². The molecule has 0 N–H and O–H groups in total. The maximum atomic E-state index is 13.7. The van der Waals surface area contributed by atoms with E-state index in [1.165, 1.54) is 4.90 Å². The lowest BCUT2D eigenvalue weighted by molar-refractivity contribution is -0.131. The Bertz CT molecular complexity index is 1450. The zero-order chi connectivity index (χ0) is 27.0. The molecule has 0 spiro atoms. The van der Waals surface area contributed by atoms with Crippen molar-refractivity contribution in [3.63, 3.8) is 0 Å². The zero-order valence-electron chi connectivity index (χ0n) is 21.6. The Hall–Kier alpha value is -3.70. The molecule has 0 bridgehead atoms. The molecule has 196 valence electrons. The SMILES string of the molecule is C=C(F)C(=O)N1CCN(c2nc(C(C)C)nc3c2CCN(c2cccc4cccc(Cl)c24)C3)CC1CC#N. The zero-order valence-corrected chi connectivity index (χ0v) is 22.4. The van der Waals surface area contributed by atoms with Crippen molar-refractivity contribution in [1.29, 1.82) is 5.26 Å². The quantitative estimate of drug-likeness (QED) is 0.410. The number of nitriles is 1. The van der Waals surface area contributed by atoms with Crippen molar-refractivity contribution >= 4 is 39.8 Å². The van der Waals surface area contributed by atoms with Gasteiger partial charge in [-0.25, -0.2) is 14.4 Å². The van der Waals surface area contributed by atoms with Crippen molar-refractivity contribution < 1.29 is 9.18 Å². The third-order valence-corrected chi connectivity index (χ3v) is 7.67. The van der Waals surface area contributed by atoms with Gasteiger partial charge < -0.3 is 14.7 Å². The molecule has 2 aliphatic heterocycles. The molecular formula is C29H30ClFN6O. The number of fused-ring (bicyclic) bond motifs is 2. The second-order valence-corrected chi connectivity index (χ2v) is 10.5. The third-order valence-electron chi connectivity index (χ3n) is 7.35. The topological polar surface area (TPSA) is 76.4 Å². The van der Waals surface area contributed by atoms with E-state index in [1.807, 2.05) is 12.1 Å². The molecule has 7 nitrogen and oxygen atoms in total. The Morgan fingerprint density at radius 2 is 1.95 bits per heavy atom. The highest BCUT2D eigenvalue weighted by molar-refractivity contribution is 6.36. The van der Waals surface area contributed by atoms with Gasteiger partial charge in [0.05, 0.1) is 35.8 Å². The number of carbonyl (C=O) groups is 1.